The van der Waals surface area contributed by atoms with E-state index in [1.54, 1.807) is 13.3 Å². The summed E-state index contributed by atoms with van der Waals surface area (Å²) in [4.78, 5) is 17.0. The molecule has 1 aliphatic carbocycles. The summed E-state index contributed by atoms with van der Waals surface area (Å²) < 4.78 is 7.40. The normalized spacial score (nSPS) is 16.2. The highest BCUT2D eigenvalue weighted by atomic mass is 16.5. The van der Waals surface area contributed by atoms with Crippen molar-refractivity contribution in [1.82, 2.24) is 20.2 Å². The van der Waals surface area contributed by atoms with Gasteiger partial charge in [0.25, 0.3) is 0 Å². The average molecular weight is 342 g/mol. The number of urea groups is 1. The molecule has 1 aromatic carbocycles. The Morgan fingerprint density at radius 1 is 1.28 bits per heavy atom. The number of carbonyl (C=O) groups excluding carboxylic acids is 1. The van der Waals surface area contributed by atoms with Gasteiger partial charge in [-0.1, -0.05) is 37.5 Å². The number of rotatable bonds is 5. The Bertz CT molecular complexity index is 707. The molecule has 6 heteroatoms. The van der Waals surface area contributed by atoms with E-state index < -0.39 is 0 Å². The first kappa shape index (κ1) is 17.3. The van der Waals surface area contributed by atoms with Crippen molar-refractivity contribution in [3.63, 3.8) is 0 Å². The molecule has 1 atom stereocenters. The topological polar surface area (TPSA) is 68.2 Å². The third-order valence-electron chi connectivity index (χ3n) is 4.78. The van der Waals surface area contributed by atoms with Gasteiger partial charge < -0.3 is 19.9 Å². The standard InChI is InChI=1S/C19H26N4O2/c1-23-13-12-20-18(23)17(15-10-6-7-11-16(15)25-2)22-19(24)21-14-8-4-3-5-9-14/h6-7,10-14,17H,3-5,8-9H2,1-2H3,(H2,21,22,24). The maximum atomic E-state index is 12.6. The van der Waals surface area contributed by atoms with Gasteiger partial charge in [0, 0.05) is 31.0 Å². The lowest BCUT2D eigenvalue weighted by Crippen LogP contribution is -2.44. The first-order valence-corrected chi connectivity index (χ1v) is 8.86. The Labute approximate surface area is 148 Å². The molecule has 1 unspecified atom stereocenters. The van der Waals surface area contributed by atoms with Gasteiger partial charge in [0.1, 0.15) is 17.6 Å². The summed E-state index contributed by atoms with van der Waals surface area (Å²) in [6.45, 7) is 0. The number of aryl methyl sites for hydroxylation is 1. The van der Waals surface area contributed by atoms with Gasteiger partial charge in [-0.3, -0.25) is 0 Å². The van der Waals surface area contributed by atoms with E-state index in [4.69, 9.17) is 4.74 Å². The van der Waals surface area contributed by atoms with E-state index in [0.717, 1.165) is 30.0 Å². The van der Waals surface area contributed by atoms with Crippen molar-refractivity contribution in [3.8, 4) is 5.75 Å². The Hall–Kier alpha value is -2.50. The van der Waals surface area contributed by atoms with Crippen molar-refractivity contribution < 1.29 is 9.53 Å². The molecule has 6 nitrogen and oxygen atoms in total. The molecule has 1 fully saturated rings. The predicted molar refractivity (Wildman–Crippen MR) is 96.6 cm³/mol. The molecule has 2 aromatic rings. The minimum atomic E-state index is -0.375. The molecule has 0 saturated heterocycles. The highest BCUT2D eigenvalue weighted by Gasteiger charge is 2.25. The van der Waals surface area contributed by atoms with Crippen LogP contribution in [0, 0.1) is 0 Å². The first-order valence-electron chi connectivity index (χ1n) is 8.86. The highest BCUT2D eigenvalue weighted by Crippen LogP contribution is 2.29. The minimum Gasteiger partial charge on any atom is -0.496 e. The second kappa shape index (κ2) is 8.05. The molecule has 134 valence electrons. The molecule has 0 radical (unpaired) electrons. The van der Waals surface area contributed by atoms with Gasteiger partial charge in [0.15, 0.2) is 0 Å². The second-order valence-corrected chi connectivity index (χ2v) is 6.52. The van der Waals surface area contributed by atoms with Gasteiger partial charge in [-0.25, -0.2) is 9.78 Å². The van der Waals surface area contributed by atoms with Crippen molar-refractivity contribution in [2.75, 3.05) is 7.11 Å². The Morgan fingerprint density at radius 3 is 2.72 bits per heavy atom. The smallest absolute Gasteiger partial charge is 0.315 e. The summed E-state index contributed by atoms with van der Waals surface area (Å²) in [5.41, 5.74) is 0.887. The molecular weight excluding hydrogens is 316 g/mol. The van der Waals surface area contributed by atoms with Crippen LogP contribution in [-0.2, 0) is 7.05 Å². The van der Waals surface area contributed by atoms with Crippen LogP contribution in [0.3, 0.4) is 0 Å². The van der Waals surface area contributed by atoms with Crippen LogP contribution in [0.2, 0.25) is 0 Å². The average Bonchev–Trinajstić information content (AvgIpc) is 3.06. The number of aromatic nitrogens is 2. The van der Waals surface area contributed by atoms with E-state index in [1.165, 1.54) is 19.3 Å². The molecule has 0 bridgehead atoms. The van der Waals surface area contributed by atoms with Crippen molar-refractivity contribution in [2.45, 2.75) is 44.2 Å². The lowest BCUT2D eigenvalue weighted by Gasteiger charge is -2.26. The number of hydrogen-bond donors (Lipinski definition) is 2. The summed E-state index contributed by atoms with van der Waals surface area (Å²) in [5.74, 6) is 1.50. The number of carbonyl (C=O) groups is 1. The van der Waals surface area contributed by atoms with Crippen LogP contribution >= 0.6 is 0 Å². The van der Waals surface area contributed by atoms with Crippen molar-refractivity contribution in [2.24, 2.45) is 7.05 Å². The Balaban J connectivity index is 1.82. The van der Waals surface area contributed by atoms with E-state index in [-0.39, 0.29) is 18.1 Å². The van der Waals surface area contributed by atoms with Crippen LogP contribution in [0.15, 0.2) is 36.7 Å². The van der Waals surface area contributed by atoms with Gasteiger partial charge in [-0.05, 0) is 18.9 Å². The molecule has 25 heavy (non-hydrogen) atoms. The summed E-state index contributed by atoms with van der Waals surface area (Å²) in [6.07, 6.45) is 9.33. The number of ether oxygens (including phenoxy) is 1. The zero-order valence-corrected chi connectivity index (χ0v) is 14.9. The van der Waals surface area contributed by atoms with E-state index in [9.17, 15) is 4.79 Å². The summed E-state index contributed by atoms with van der Waals surface area (Å²) in [6, 6.07) is 7.43. The molecule has 2 N–H and O–H groups in total. The number of benzene rings is 1. The van der Waals surface area contributed by atoms with Crippen molar-refractivity contribution in [3.05, 3.63) is 48.0 Å². The number of nitrogens with one attached hydrogen (secondary N) is 2. The van der Waals surface area contributed by atoms with Crippen molar-refractivity contribution >= 4 is 6.03 Å². The molecule has 2 amide bonds. The third kappa shape index (κ3) is 4.13. The van der Waals surface area contributed by atoms with Gasteiger partial charge in [-0.2, -0.15) is 0 Å². The van der Waals surface area contributed by atoms with Crippen LogP contribution in [0.1, 0.15) is 49.5 Å². The first-order chi connectivity index (χ1) is 12.2. The summed E-state index contributed by atoms with van der Waals surface area (Å²) in [7, 11) is 3.56. The van der Waals surface area contributed by atoms with Crippen LogP contribution in [0.5, 0.6) is 5.75 Å². The van der Waals surface area contributed by atoms with E-state index in [0.29, 0.717) is 0 Å². The number of para-hydroxylation sites is 1. The second-order valence-electron chi connectivity index (χ2n) is 6.52. The fourth-order valence-corrected chi connectivity index (χ4v) is 3.45. The van der Waals surface area contributed by atoms with Crippen LogP contribution in [0.4, 0.5) is 4.79 Å². The fraction of sp³-hybridized carbons (Fsp3) is 0.474. The monoisotopic (exact) mass is 342 g/mol. The minimum absolute atomic E-state index is 0.161. The van der Waals surface area contributed by atoms with Gasteiger partial charge >= 0.3 is 6.03 Å². The van der Waals surface area contributed by atoms with Gasteiger partial charge in [-0.15, -0.1) is 0 Å². The predicted octanol–water partition coefficient (Wildman–Crippen LogP) is 3.15. The quantitative estimate of drug-likeness (QED) is 0.877. The zero-order chi connectivity index (χ0) is 17.6. The molecular formula is C19H26N4O2. The van der Waals surface area contributed by atoms with E-state index >= 15 is 0 Å². The number of methoxy groups -OCH3 is 1. The van der Waals surface area contributed by atoms with Gasteiger partial charge in [0.2, 0.25) is 0 Å². The van der Waals surface area contributed by atoms with Gasteiger partial charge in [0.05, 0.1) is 7.11 Å². The summed E-state index contributed by atoms with van der Waals surface area (Å²) in [5, 5.41) is 6.20. The van der Waals surface area contributed by atoms with Crippen LogP contribution in [0.25, 0.3) is 0 Å². The third-order valence-corrected chi connectivity index (χ3v) is 4.78. The van der Waals surface area contributed by atoms with Crippen LogP contribution < -0.4 is 15.4 Å². The number of hydrogen-bond acceptors (Lipinski definition) is 3. The van der Waals surface area contributed by atoms with Crippen LogP contribution in [-0.4, -0.2) is 28.7 Å². The van der Waals surface area contributed by atoms with Crippen molar-refractivity contribution in [1.29, 1.82) is 0 Å². The molecule has 1 aromatic heterocycles. The molecule has 0 spiro atoms. The molecule has 0 aliphatic heterocycles. The van der Waals surface area contributed by atoms with E-state index in [2.05, 4.69) is 15.6 Å². The molecule has 1 saturated carbocycles. The largest absolute Gasteiger partial charge is 0.496 e. The number of imidazole rings is 1. The Morgan fingerprint density at radius 2 is 2.04 bits per heavy atom. The molecule has 1 heterocycles. The number of nitrogens with zero attached hydrogens (tertiary/aromatic N) is 2. The highest BCUT2D eigenvalue weighted by molar-refractivity contribution is 5.75. The number of amides is 2. The maximum Gasteiger partial charge on any atom is 0.315 e. The zero-order valence-electron chi connectivity index (χ0n) is 14.9. The molecule has 3 rings (SSSR count). The maximum absolute atomic E-state index is 12.6. The van der Waals surface area contributed by atoms with E-state index in [1.807, 2.05) is 42.1 Å². The lowest BCUT2D eigenvalue weighted by atomic mass is 9.96. The Kier molecular flexibility index (Phi) is 5.58. The SMILES string of the molecule is COc1ccccc1C(NC(=O)NC1CCCCC1)c1nccn1C. The molecule has 1 aliphatic rings. The lowest BCUT2D eigenvalue weighted by molar-refractivity contribution is 0.229. The fourth-order valence-electron chi connectivity index (χ4n) is 3.45. The summed E-state index contributed by atoms with van der Waals surface area (Å²) >= 11 is 0.